The van der Waals surface area contributed by atoms with Crippen molar-refractivity contribution in [3.8, 4) is 10.7 Å². The summed E-state index contributed by atoms with van der Waals surface area (Å²) in [4.78, 5) is 37.4. The lowest BCUT2D eigenvalue weighted by atomic mass is 10.3. The molecule has 1 aliphatic rings. The summed E-state index contributed by atoms with van der Waals surface area (Å²) in [5.41, 5.74) is 1.48. The second-order valence-electron chi connectivity index (χ2n) is 5.63. The molecular weight excluding hydrogens is 340 g/mol. The maximum absolute atomic E-state index is 12.8. The quantitative estimate of drug-likeness (QED) is 0.840. The zero-order valence-electron chi connectivity index (χ0n) is 14.3. The van der Waals surface area contributed by atoms with E-state index in [1.165, 1.54) is 11.3 Å². The van der Waals surface area contributed by atoms with E-state index in [4.69, 9.17) is 4.74 Å². The van der Waals surface area contributed by atoms with Gasteiger partial charge in [0.05, 0.1) is 18.0 Å². The molecule has 0 N–H and O–H groups in total. The molecule has 1 aliphatic heterocycles. The Labute approximate surface area is 150 Å². The lowest BCUT2D eigenvalue weighted by Gasteiger charge is -2.33. The van der Waals surface area contributed by atoms with Gasteiger partial charge in [0.25, 0.3) is 5.91 Å². The van der Waals surface area contributed by atoms with Crippen LogP contribution in [0.2, 0.25) is 0 Å². The minimum Gasteiger partial charge on any atom is -0.450 e. The van der Waals surface area contributed by atoms with Crippen LogP contribution < -0.4 is 0 Å². The van der Waals surface area contributed by atoms with E-state index >= 15 is 0 Å². The molecular formula is C17H20N4O3S. The minimum absolute atomic E-state index is 0.0410. The van der Waals surface area contributed by atoms with Crippen LogP contribution in [0.25, 0.3) is 10.7 Å². The molecule has 0 spiro atoms. The molecule has 3 heterocycles. The van der Waals surface area contributed by atoms with E-state index in [1.807, 2.05) is 25.1 Å². The van der Waals surface area contributed by atoms with E-state index in [1.54, 1.807) is 22.9 Å². The number of aromatic nitrogens is 2. The summed E-state index contributed by atoms with van der Waals surface area (Å²) >= 11 is 1.36. The Hall–Kier alpha value is -2.48. The predicted octanol–water partition coefficient (Wildman–Crippen LogP) is 2.43. The maximum Gasteiger partial charge on any atom is 0.409 e. The highest BCUT2D eigenvalue weighted by Gasteiger charge is 2.28. The van der Waals surface area contributed by atoms with Crippen LogP contribution in [-0.2, 0) is 4.74 Å². The molecule has 2 amide bonds. The van der Waals surface area contributed by atoms with Gasteiger partial charge in [-0.1, -0.05) is 6.07 Å². The molecule has 1 fully saturated rings. The first-order valence-electron chi connectivity index (χ1n) is 8.20. The lowest BCUT2D eigenvalue weighted by molar-refractivity contribution is 0.0573. The first-order valence-corrected chi connectivity index (χ1v) is 9.01. The van der Waals surface area contributed by atoms with E-state index in [0.717, 1.165) is 10.7 Å². The van der Waals surface area contributed by atoms with Crippen molar-refractivity contribution in [2.24, 2.45) is 0 Å². The molecule has 2 aromatic rings. The monoisotopic (exact) mass is 360 g/mol. The van der Waals surface area contributed by atoms with Crippen molar-refractivity contribution in [2.45, 2.75) is 13.8 Å². The van der Waals surface area contributed by atoms with Gasteiger partial charge >= 0.3 is 6.09 Å². The number of amides is 2. The zero-order valence-corrected chi connectivity index (χ0v) is 15.1. The van der Waals surface area contributed by atoms with Gasteiger partial charge in [-0.05, 0) is 26.0 Å². The third-order valence-corrected chi connectivity index (χ3v) is 5.14. The largest absolute Gasteiger partial charge is 0.450 e. The molecule has 1 saturated heterocycles. The van der Waals surface area contributed by atoms with E-state index in [9.17, 15) is 9.59 Å². The van der Waals surface area contributed by atoms with Gasteiger partial charge in [0.2, 0.25) is 0 Å². The van der Waals surface area contributed by atoms with Gasteiger partial charge in [0.1, 0.15) is 9.88 Å². The summed E-state index contributed by atoms with van der Waals surface area (Å²) in [5.74, 6) is -0.0410. The van der Waals surface area contributed by atoms with Gasteiger partial charge in [0.15, 0.2) is 0 Å². The molecule has 25 heavy (non-hydrogen) atoms. The normalized spacial score (nSPS) is 14.5. The fourth-order valence-electron chi connectivity index (χ4n) is 2.64. The van der Waals surface area contributed by atoms with Crippen LogP contribution in [0, 0.1) is 6.92 Å². The number of thiazole rings is 1. The Morgan fingerprint density at radius 1 is 1.20 bits per heavy atom. The van der Waals surface area contributed by atoms with E-state index in [2.05, 4.69) is 9.97 Å². The number of nitrogens with zero attached hydrogens (tertiary/aromatic N) is 4. The second-order valence-corrected chi connectivity index (χ2v) is 6.63. The smallest absolute Gasteiger partial charge is 0.409 e. The van der Waals surface area contributed by atoms with Crippen molar-refractivity contribution in [3.05, 3.63) is 35.0 Å². The van der Waals surface area contributed by atoms with Gasteiger partial charge in [0, 0.05) is 32.4 Å². The lowest BCUT2D eigenvalue weighted by Crippen LogP contribution is -2.50. The highest BCUT2D eigenvalue weighted by Crippen LogP contribution is 2.27. The predicted molar refractivity (Wildman–Crippen MR) is 94.6 cm³/mol. The Bertz CT molecular complexity index is 755. The van der Waals surface area contributed by atoms with Crippen LogP contribution in [0.5, 0.6) is 0 Å². The van der Waals surface area contributed by atoms with Gasteiger partial charge in [-0.15, -0.1) is 11.3 Å². The van der Waals surface area contributed by atoms with Gasteiger partial charge in [-0.3, -0.25) is 9.78 Å². The first kappa shape index (κ1) is 17.3. The topological polar surface area (TPSA) is 75.6 Å². The number of pyridine rings is 1. The number of carbonyl (C=O) groups excluding carboxylic acids is 2. The summed E-state index contributed by atoms with van der Waals surface area (Å²) in [6.07, 6.45) is 1.39. The fourth-order valence-corrected chi connectivity index (χ4v) is 3.66. The Balaban J connectivity index is 1.68. The highest BCUT2D eigenvalue weighted by atomic mass is 32.1. The van der Waals surface area contributed by atoms with Gasteiger partial charge in [-0.2, -0.15) is 0 Å². The molecule has 0 saturated carbocycles. The number of hydrogen-bond acceptors (Lipinski definition) is 6. The van der Waals surface area contributed by atoms with E-state index < -0.39 is 0 Å². The van der Waals surface area contributed by atoms with Crippen molar-refractivity contribution in [2.75, 3.05) is 32.8 Å². The second kappa shape index (κ2) is 7.60. The third-order valence-electron chi connectivity index (χ3n) is 3.97. The minimum atomic E-state index is -0.319. The number of ether oxygens (including phenoxy) is 1. The van der Waals surface area contributed by atoms with E-state index in [-0.39, 0.29) is 12.0 Å². The molecule has 132 valence electrons. The molecule has 0 aliphatic carbocycles. The van der Waals surface area contributed by atoms with Gasteiger partial charge in [-0.25, -0.2) is 9.78 Å². The van der Waals surface area contributed by atoms with Gasteiger partial charge < -0.3 is 14.5 Å². The molecule has 0 aromatic carbocycles. The summed E-state index contributed by atoms with van der Waals surface area (Å²) < 4.78 is 5.00. The van der Waals surface area contributed by atoms with Crippen LogP contribution in [0.4, 0.5) is 4.79 Å². The molecule has 8 heteroatoms. The van der Waals surface area contributed by atoms with Crippen LogP contribution in [-0.4, -0.2) is 64.6 Å². The molecule has 0 bridgehead atoms. The number of aryl methyl sites for hydroxylation is 1. The molecule has 3 rings (SSSR count). The third kappa shape index (κ3) is 3.79. The first-order chi connectivity index (χ1) is 12.1. The average molecular weight is 360 g/mol. The van der Waals surface area contributed by atoms with Crippen LogP contribution in [0.3, 0.4) is 0 Å². The number of rotatable bonds is 3. The molecule has 0 unspecified atom stereocenters. The van der Waals surface area contributed by atoms with Crippen molar-refractivity contribution in [1.82, 2.24) is 19.8 Å². The van der Waals surface area contributed by atoms with Crippen LogP contribution in [0.15, 0.2) is 24.4 Å². The summed E-state index contributed by atoms with van der Waals surface area (Å²) in [7, 11) is 0. The molecule has 0 atom stereocenters. The van der Waals surface area contributed by atoms with E-state index in [0.29, 0.717) is 43.4 Å². The Morgan fingerprint density at radius 3 is 2.56 bits per heavy atom. The van der Waals surface area contributed by atoms with Crippen molar-refractivity contribution in [1.29, 1.82) is 0 Å². The Kier molecular flexibility index (Phi) is 5.28. The summed E-state index contributed by atoms with van der Waals surface area (Å²) in [6, 6.07) is 5.62. The molecule has 0 radical (unpaired) electrons. The SMILES string of the molecule is CCOC(=O)N1CCN(C(=O)c2sc(-c3ccccn3)nc2C)CC1. The van der Waals surface area contributed by atoms with Crippen molar-refractivity contribution < 1.29 is 14.3 Å². The fraction of sp³-hybridized carbons (Fsp3) is 0.412. The zero-order chi connectivity index (χ0) is 17.8. The highest BCUT2D eigenvalue weighted by molar-refractivity contribution is 7.17. The molecule has 2 aromatic heterocycles. The number of carbonyl (C=O) groups is 2. The average Bonchev–Trinajstić information content (AvgIpc) is 3.04. The maximum atomic E-state index is 12.8. The van der Waals surface area contributed by atoms with Crippen molar-refractivity contribution >= 4 is 23.3 Å². The van der Waals surface area contributed by atoms with Crippen LogP contribution >= 0.6 is 11.3 Å². The summed E-state index contributed by atoms with van der Waals surface area (Å²) in [6.45, 7) is 5.93. The Morgan fingerprint density at radius 2 is 1.92 bits per heavy atom. The number of piperazine rings is 1. The van der Waals surface area contributed by atoms with Crippen LogP contribution in [0.1, 0.15) is 22.3 Å². The summed E-state index contributed by atoms with van der Waals surface area (Å²) in [5, 5.41) is 0.742. The molecule has 7 nitrogen and oxygen atoms in total. The van der Waals surface area contributed by atoms with Crippen molar-refractivity contribution in [3.63, 3.8) is 0 Å². The number of hydrogen-bond donors (Lipinski definition) is 0. The standard InChI is InChI=1S/C17H20N4O3S/c1-3-24-17(23)21-10-8-20(9-11-21)16(22)14-12(2)19-15(25-14)13-6-4-5-7-18-13/h4-7H,3,8-11H2,1-2H3.